The predicted octanol–water partition coefficient (Wildman–Crippen LogP) is 3.47. The summed E-state index contributed by atoms with van der Waals surface area (Å²) in [6, 6.07) is 11.4. The average Bonchev–Trinajstić information content (AvgIpc) is 3.30. The maximum Gasteiger partial charge on any atom is 0.362 e. The fourth-order valence-electron chi connectivity index (χ4n) is 4.67. The van der Waals surface area contributed by atoms with Gasteiger partial charge in [-0.1, -0.05) is 0 Å². The maximum atomic E-state index is 13.3. The van der Waals surface area contributed by atoms with Crippen molar-refractivity contribution in [3.8, 4) is 5.88 Å². The molecular weight excluding hydrogens is 506 g/mol. The molecule has 1 aliphatic rings. The summed E-state index contributed by atoms with van der Waals surface area (Å²) < 4.78 is 26.7. The molecule has 1 saturated heterocycles. The molecule has 0 saturated carbocycles. The second kappa shape index (κ2) is 11.0. The van der Waals surface area contributed by atoms with Crippen LogP contribution < -0.4 is 9.81 Å². The Bertz CT molecular complexity index is 1550. The number of benzene rings is 2. The smallest absolute Gasteiger partial charge is 0.362 e. The molecule has 1 aromatic heterocycles. The lowest BCUT2D eigenvalue weighted by Gasteiger charge is -2.30. The molecule has 0 spiro atoms. The summed E-state index contributed by atoms with van der Waals surface area (Å²) in [4.78, 5) is 25.4. The molecule has 1 aliphatic heterocycles. The molecule has 1 N–H and O–H groups in total. The van der Waals surface area contributed by atoms with E-state index < -0.39 is 15.9 Å². The Morgan fingerprint density at radius 3 is 2.63 bits per heavy atom. The highest BCUT2D eigenvalue weighted by molar-refractivity contribution is 7.89. The molecule has 4 rings (SSSR count). The molecule has 12 heteroatoms. The lowest BCUT2D eigenvalue weighted by atomic mass is 10.1. The number of hydrogen-bond acceptors (Lipinski definition) is 8. The summed E-state index contributed by atoms with van der Waals surface area (Å²) in [6.45, 7) is 3.40. The zero-order chi connectivity index (χ0) is 27.6. The molecule has 200 valence electrons. The summed E-state index contributed by atoms with van der Waals surface area (Å²) in [5.41, 5.74) is 2.67. The van der Waals surface area contributed by atoms with E-state index in [9.17, 15) is 18.3 Å². The van der Waals surface area contributed by atoms with Gasteiger partial charge in [-0.25, -0.2) is 17.7 Å². The predicted molar refractivity (Wildman–Crippen MR) is 145 cm³/mol. The molecule has 0 bridgehead atoms. The monoisotopic (exact) mass is 538 g/mol. The second-order valence-electron chi connectivity index (χ2n) is 9.81. The van der Waals surface area contributed by atoms with Gasteiger partial charge in [-0.15, -0.1) is 0 Å². The molecule has 1 atom stereocenters. The van der Waals surface area contributed by atoms with Crippen LogP contribution in [0.3, 0.4) is 0 Å². The van der Waals surface area contributed by atoms with Gasteiger partial charge in [0.05, 0.1) is 21.7 Å². The number of aryl methyl sites for hydroxylation is 1. The molecule has 0 radical (unpaired) electrons. The number of aromatic nitrogens is 1. The van der Waals surface area contributed by atoms with Crippen LogP contribution in [0, 0.1) is 6.92 Å². The van der Waals surface area contributed by atoms with Crippen LogP contribution in [0.15, 0.2) is 57.6 Å². The number of anilines is 1. The number of amides is 1. The molecular formula is C26H32N7O4S+. The third kappa shape index (κ3) is 5.73. The Morgan fingerprint density at radius 2 is 1.92 bits per heavy atom. The van der Waals surface area contributed by atoms with Crippen LogP contribution in [0.2, 0.25) is 0 Å². The Morgan fingerprint density at radius 1 is 1.16 bits per heavy atom. The number of nitrogens with zero attached hydrogens (tertiary/aromatic N) is 7. The fraction of sp³-hybridized carbons (Fsp3) is 0.385. The number of aromatic hydroxyl groups is 1. The summed E-state index contributed by atoms with van der Waals surface area (Å²) in [6.07, 6.45) is 1.93. The number of fused-ring (bicyclic) bond motifs is 1. The van der Waals surface area contributed by atoms with Crippen LogP contribution in [-0.2, 0) is 10.0 Å². The van der Waals surface area contributed by atoms with Crippen molar-refractivity contribution in [2.24, 2.45) is 10.2 Å². The van der Waals surface area contributed by atoms with Gasteiger partial charge in [-0.05, 0) is 75.8 Å². The Balaban J connectivity index is 1.72. The topological polar surface area (TPSA) is 133 Å². The Hall–Kier alpha value is -3.70. The van der Waals surface area contributed by atoms with Gasteiger partial charge < -0.3 is 14.9 Å². The highest BCUT2D eigenvalue weighted by Gasteiger charge is 2.31. The summed E-state index contributed by atoms with van der Waals surface area (Å²) in [7, 11) is 3.12. The Labute approximate surface area is 222 Å². The number of likely N-dealkylation sites (N-methyl/N-ethyl adjacent to an activating group) is 1. The minimum atomic E-state index is -3.76. The summed E-state index contributed by atoms with van der Waals surface area (Å²) in [5, 5.41) is 18.4. The first-order valence-electron chi connectivity index (χ1n) is 12.2. The van der Waals surface area contributed by atoms with Crippen molar-refractivity contribution < 1.29 is 18.3 Å². The molecule has 2 heterocycles. The van der Waals surface area contributed by atoms with Gasteiger partial charge >= 0.3 is 5.91 Å². The van der Waals surface area contributed by atoms with Gasteiger partial charge in [0, 0.05) is 44.7 Å². The largest absolute Gasteiger partial charge is 0.493 e. The zero-order valence-electron chi connectivity index (χ0n) is 22.2. The lowest BCUT2D eigenvalue weighted by Crippen LogP contribution is -2.38. The molecule has 2 aromatic carbocycles. The highest BCUT2D eigenvalue weighted by atomic mass is 32.2. The van der Waals surface area contributed by atoms with E-state index in [-0.39, 0.29) is 22.4 Å². The minimum Gasteiger partial charge on any atom is -0.493 e. The van der Waals surface area contributed by atoms with Crippen molar-refractivity contribution in [1.82, 2.24) is 19.1 Å². The van der Waals surface area contributed by atoms with Crippen LogP contribution in [0.25, 0.3) is 10.9 Å². The summed E-state index contributed by atoms with van der Waals surface area (Å²) in [5.74, 6) is -0.747. The quantitative estimate of drug-likeness (QED) is 0.360. The zero-order valence-corrected chi connectivity index (χ0v) is 23.0. The molecule has 0 aliphatic carbocycles. The van der Waals surface area contributed by atoms with Crippen molar-refractivity contribution >= 4 is 38.2 Å². The van der Waals surface area contributed by atoms with E-state index in [1.54, 1.807) is 30.3 Å². The number of carbonyl (C=O) groups excluding carboxylic acids is 1. The van der Waals surface area contributed by atoms with Gasteiger partial charge in [-0.2, -0.15) is 0 Å². The lowest BCUT2D eigenvalue weighted by molar-refractivity contribution is 0.0993. The first-order chi connectivity index (χ1) is 18.0. The van der Waals surface area contributed by atoms with E-state index in [4.69, 9.17) is 0 Å². The van der Waals surface area contributed by atoms with Crippen LogP contribution in [0.5, 0.6) is 5.88 Å². The van der Waals surface area contributed by atoms with Crippen molar-refractivity contribution in [3.05, 3.63) is 53.6 Å². The van der Waals surface area contributed by atoms with Crippen molar-refractivity contribution in [3.63, 3.8) is 0 Å². The number of pyridine rings is 1. The average molecular weight is 539 g/mol. The van der Waals surface area contributed by atoms with Gasteiger partial charge in [0.15, 0.2) is 10.8 Å². The van der Waals surface area contributed by atoms with Crippen LogP contribution >= 0.6 is 0 Å². The van der Waals surface area contributed by atoms with E-state index in [2.05, 4.69) is 29.9 Å². The van der Waals surface area contributed by atoms with Crippen molar-refractivity contribution in [2.75, 3.05) is 46.2 Å². The Kier molecular flexibility index (Phi) is 7.89. The molecule has 11 nitrogen and oxygen atoms in total. The van der Waals surface area contributed by atoms with Crippen LogP contribution in [0.4, 0.5) is 11.4 Å². The number of sulfonamides is 1. The number of rotatable bonds is 7. The van der Waals surface area contributed by atoms with E-state index in [1.165, 1.54) is 26.2 Å². The highest BCUT2D eigenvalue weighted by Crippen LogP contribution is 2.32. The minimum absolute atomic E-state index is 0.00542. The number of carbonyl (C=O) groups is 1. The van der Waals surface area contributed by atoms with E-state index in [1.807, 2.05) is 21.0 Å². The standard InChI is InChI=1S/C26H31N7O4S/c1-17-13-25(34)27-23-10-8-18(14-21(17)23)28-30-29-26(35)22-15-20(38(36,37)32(4)5)9-11-24(22)33-12-6-7-19(33)16-31(2)3/h8-11,13-15,19H,6-7,12,16H2,1-5H3/p+1. The number of hydrogen-bond donors (Lipinski definition) is 1. The van der Waals surface area contributed by atoms with E-state index in [0.717, 1.165) is 41.2 Å². The molecule has 1 unspecified atom stereocenters. The third-order valence-corrected chi connectivity index (χ3v) is 8.33. The molecule has 38 heavy (non-hydrogen) atoms. The van der Waals surface area contributed by atoms with E-state index >= 15 is 0 Å². The van der Waals surface area contributed by atoms with Gasteiger partial charge in [0.1, 0.15) is 0 Å². The molecule has 1 amide bonds. The first kappa shape index (κ1) is 27.3. The van der Waals surface area contributed by atoms with Crippen LogP contribution in [-0.4, -0.2) is 80.9 Å². The van der Waals surface area contributed by atoms with Crippen LogP contribution in [0.1, 0.15) is 28.8 Å². The third-order valence-electron chi connectivity index (χ3n) is 6.52. The molecule has 1 fully saturated rings. The second-order valence-corrected chi connectivity index (χ2v) is 12.0. The normalized spacial score (nSPS) is 15.8. The first-order valence-corrected chi connectivity index (χ1v) is 13.7. The van der Waals surface area contributed by atoms with Crippen molar-refractivity contribution in [1.29, 1.82) is 0 Å². The van der Waals surface area contributed by atoms with Gasteiger partial charge in [0.2, 0.25) is 25.9 Å². The van der Waals surface area contributed by atoms with E-state index in [0.29, 0.717) is 16.9 Å². The molecule has 3 aromatic rings. The van der Waals surface area contributed by atoms with Gasteiger partial charge in [0.25, 0.3) is 0 Å². The summed E-state index contributed by atoms with van der Waals surface area (Å²) >= 11 is 0. The maximum absolute atomic E-state index is 13.3. The SMILES string of the molecule is Cc1cc(O)nc2ccc(N=[N+]=NC(=O)c3cc(S(=O)(=O)N(C)C)ccc3N3CCCC3CN(C)C)cc12. The van der Waals surface area contributed by atoms with Crippen molar-refractivity contribution in [2.45, 2.75) is 30.7 Å². The van der Waals surface area contributed by atoms with Gasteiger partial charge in [-0.3, -0.25) is 4.79 Å². The fourth-order valence-corrected chi connectivity index (χ4v) is 5.60.